The summed E-state index contributed by atoms with van der Waals surface area (Å²) in [6, 6.07) is 24.6. The van der Waals surface area contributed by atoms with Crippen LogP contribution in [0.1, 0.15) is 15.9 Å². The summed E-state index contributed by atoms with van der Waals surface area (Å²) in [5.41, 5.74) is 3.07. The van der Waals surface area contributed by atoms with Gasteiger partial charge in [-0.1, -0.05) is 36.4 Å². The highest BCUT2D eigenvalue weighted by Crippen LogP contribution is 2.31. The van der Waals surface area contributed by atoms with Crippen LogP contribution < -0.4 is 9.64 Å². The lowest BCUT2D eigenvalue weighted by atomic mass is 10.1. The Morgan fingerprint density at radius 2 is 1.44 bits per heavy atom. The second kappa shape index (κ2) is 6.24. The van der Waals surface area contributed by atoms with E-state index in [-0.39, 0.29) is 5.91 Å². The molecule has 3 aromatic rings. The summed E-state index contributed by atoms with van der Waals surface area (Å²) in [5.74, 6) is 1.31. The molecule has 4 nitrogen and oxygen atoms in total. The van der Waals surface area contributed by atoms with Gasteiger partial charge in [-0.05, 0) is 42.5 Å². The summed E-state index contributed by atoms with van der Waals surface area (Å²) < 4.78 is 5.21. The Balaban J connectivity index is 1.86. The SMILES string of the molecule is COc1ccc(N2C(=O)c3ccccc3C2=Nc2ccccc2)cc1. The molecule has 0 aliphatic carbocycles. The van der Waals surface area contributed by atoms with Crippen molar-refractivity contribution in [3.05, 3.63) is 90.0 Å². The third kappa shape index (κ3) is 2.68. The standard InChI is InChI=1S/C21H16N2O2/c1-25-17-13-11-16(12-14-17)23-20(22-15-7-3-2-4-8-15)18-9-5-6-10-19(18)21(23)24/h2-14H,1H3. The number of methoxy groups -OCH3 is 1. The molecule has 1 aliphatic heterocycles. The molecule has 0 atom stereocenters. The molecule has 0 aromatic heterocycles. The predicted molar refractivity (Wildman–Crippen MR) is 98.9 cm³/mol. The second-order valence-corrected chi connectivity index (χ2v) is 5.66. The number of carbonyl (C=O) groups is 1. The predicted octanol–water partition coefficient (Wildman–Crippen LogP) is 4.43. The van der Waals surface area contributed by atoms with Crippen LogP contribution in [0.2, 0.25) is 0 Å². The molecule has 4 rings (SSSR count). The van der Waals surface area contributed by atoms with E-state index in [0.29, 0.717) is 11.4 Å². The molecule has 0 bridgehead atoms. The van der Waals surface area contributed by atoms with Crippen molar-refractivity contribution >= 4 is 23.1 Å². The normalized spacial score (nSPS) is 14.7. The minimum atomic E-state index is -0.0737. The number of rotatable bonds is 3. The molecule has 0 saturated heterocycles. The molecule has 1 amide bonds. The van der Waals surface area contributed by atoms with Crippen molar-refractivity contribution in [2.24, 2.45) is 4.99 Å². The third-order valence-corrected chi connectivity index (χ3v) is 4.14. The van der Waals surface area contributed by atoms with Crippen molar-refractivity contribution in [1.29, 1.82) is 0 Å². The van der Waals surface area contributed by atoms with Gasteiger partial charge in [0, 0.05) is 5.56 Å². The van der Waals surface area contributed by atoms with Crippen LogP contribution in [0.15, 0.2) is 83.9 Å². The lowest BCUT2D eigenvalue weighted by Gasteiger charge is -2.17. The van der Waals surface area contributed by atoms with Gasteiger partial charge in [-0.15, -0.1) is 0 Å². The van der Waals surface area contributed by atoms with Crippen LogP contribution in [0.4, 0.5) is 11.4 Å². The molecule has 0 N–H and O–H groups in total. The molecule has 1 heterocycles. The number of fused-ring (bicyclic) bond motifs is 1. The van der Waals surface area contributed by atoms with E-state index in [2.05, 4.69) is 0 Å². The van der Waals surface area contributed by atoms with Gasteiger partial charge in [0.1, 0.15) is 11.6 Å². The fourth-order valence-corrected chi connectivity index (χ4v) is 2.91. The van der Waals surface area contributed by atoms with Gasteiger partial charge < -0.3 is 4.74 Å². The van der Waals surface area contributed by atoms with Gasteiger partial charge in [0.25, 0.3) is 5.91 Å². The van der Waals surface area contributed by atoms with Crippen molar-refractivity contribution in [3.63, 3.8) is 0 Å². The minimum Gasteiger partial charge on any atom is -0.497 e. The Labute approximate surface area is 146 Å². The van der Waals surface area contributed by atoms with Crippen molar-refractivity contribution in [2.75, 3.05) is 12.0 Å². The maximum atomic E-state index is 13.0. The molecule has 0 unspecified atom stereocenters. The zero-order valence-corrected chi connectivity index (χ0v) is 13.7. The molecule has 0 radical (unpaired) electrons. The quantitative estimate of drug-likeness (QED) is 0.713. The van der Waals surface area contributed by atoms with Crippen LogP contribution in [-0.4, -0.2) is 18.9 Å². The van der Waals surface area contributed by atoms with Gasteiger partial charge in [-0.25, -0.2) is 4.99 Å². The number of hydrogen-bond donors (Lipinski definition) is 0. The van der Waals surface area contributed by atoms with E-state index < -0.39 is 0 Å². The molecular formula is C21H16N2O2. The Morgan fingerprint density at radius 3 is 2.12 bits per heavy atom. The number of aliphatic imine (C=N–C) groups is 1. The van der Waals surface area contributed by atoms with Gasteiger partial charge in [0.05, 0.1) is 24.0 Å². The smallest absolute Gasteiger partial charge is 0.264 e. The number of benzene rings is 3. The summed E-state index contributed by atoms with van der Waals surface area (Å²) in [6.07, 6.45) is 0. The zero-order chi connectivity index (χ0) is 17.2. The highest BCUT2D eigenvalue weighted by Gasteiger charge is 2.34. The van der Waals surface area contributed by atoms with Crippen LogP contribution in [0.25, 0.3) is 0 Å². The first-order chi connectivity index (χ1) is 12.3. The van der Waals surface area contributed by atoms with Gasteiger partial charge in [0.15, 0.2) is 0 Å². The molecule has 0 spiro atoms. The summed E-state index contributed by atoms with van der Waals surface area (Å²) in [6.45, 7) is 0. The molecular weight excluding hydrogens is 312 g/mol. The minimum absolute atomic E-state index is 0.0737. The first kappa shape index (κ1) is 15.1. The van der Waals surface area contributed by atoms with E-state index in [1.807, 2.05) is 78.9 Å². The highest BCUT2D eigenvalue weighted by molar-refractivity contribution is 6.36. The van der Waals surface area contributed by atoms with E-state index in [0.717, 1.165) is 22.7 Å². The van der Waals surface area contributed by atoms with E-state index in [4.69, 9.17) is 9.73 Å². The first-order valence-corrected chi connectivity index (χ1v) is 7.99. The van der Waals surface area contributed by atoms with E-state index in [1.165, 1.54) is 0 Å². The van der Waals surface area contributed by atoms with Crippen molar-refractivity contribution in [2.45, 2.75) is 0 Å². The van der Waals surface area contributed by atoms with Crippen LogP contribution in [-0.2, 0) is 0 Å². The first-order valence-electron chi connectivity index (χ1n) is 7.99. The Bertz CT molecular complexity index is 947. The number of para-hydroxylation sites is 1. The molecule has 122 valence electrons. The second-order valence-electron chi connectivity index (χ2n) is 5.66. The highest BCUT2D eigenvalue weighted by atomic mass is 16.5. The summed E-state index contributed by atoms with van der Waals surface area (Å²) in [4.78, 5) is 19.4. The van der Waals surface area contributed by atoms with Gasteiger partial charge in [-0.3, -0.25) is 9.69 Å². The lowest BCUT2D eigenvalue weighted by Crippen LogP contribution is -2.30. The van der Waals surface area contributed by atoms with Gasteiger partial charge >= 0.3 is 0 Å². The van der Waals surface area contributed by atoms with Crippen LogP contribution in [0, 0.1) is 0 Å². The largest absolute Gasteiger partial charge is 0.497 e. The summed E-state index contributed by atoms with van der Waals surface area (Å²) in [5, 5.41) is 0. The molecule has 0 saturated carbocycles. The Hall–Kier alpha value is -3.40. The van der Waals surface area contributed by atoms with Crippen molar-refractivity contribution in [1.82, 2.24) is 0 Å². The van der Waals surface area contributed by atoms with E-state index in [1.54, 1.807) is 12.0 Å². The number of ether oxygens (including phenoxy) is 1. The number of carbonyl (C=O) groups excluding carboxylic acids is 1. The topological polar surface area (TPSA) is 41.9 Å². The number of hydrogen-bond acceptors (Lipinski definition) is 3. The van der Waals surface area contributed by atoms with Crippen LogP contribution in [0.5, 0.6) is 5.75 Å². The van der Waals surface area contributed by atoms with E-state index >= 15 is 0 Å². The number of nitrogens with zero attached hydrogens (tertiary/aromatic N) is 2. The number of anilines is 1. The average molecular weight is 328 g/mol. The van der Waals surface area contributed by atoms with Crippen LogP contribution >= 0.6 is 0 Å². The third-order valence-electron chi connectivity index (χ3n) is 4.14. The van der Waals surface area contributed by atoms with Gasteiger partial charge in [-0.2, -0.15) is 0 Å². The van der Waals surface area contributed by atoms with E-state index in [9.17, 15) is 4.79 Å². The number of amides is 1. The monoisotopic (exact) mass is 328 g/mol. The molecule has 4 heteroatoms. The maximum absolute atomic E-state index is 13.0. The van der Waals surface area contributed by atoms with Gasteiger partial charge in [0.2, 0.25) is 0 Å². The Morgan fingerprint density at radius 1 is 0.800 bits per heavy atom. The molecule has 0 fully saturated rings. The van der Waals surface area contributed by atoms with Crippen molar-refractivity contribution in [3.8, 4) is 5.75 Å². The lowest BCUT2D eigenvalue weighted by molar-refractivity contribution is 0.101. The number of amidine groups is 1. The summed E-state index contributed by atoms with van der Waals surface area (Å²) in [7, 11) is 1.62. The fraction of sp³-hybridized carbons (Fsp3) is 0.0476. The summed E-state index contributed by atoms with van der Waals surface area (Å²) >= 11 is 0. The molecule has 1 aliphatic rings. The average Bonchev–Trinajstić information content (AvgIpc) is 2.95. The van der Waals surface area contributed by atoms with Crippen LogP contribution in [0.3, 0.4) is 0 Å². The zero-order valence-electron chi connectivity index (χ0n) is 13.7. The molecule has 25 heavy (non-hydrogen) atoms. The molecule has 3 aromatic carbocycles. The maximum Gasteiger partial charge on any atom is 0.264 e. The fourth-order valence-electron chi connectivity index (χ4n) is 2.91. The van der Waals surface area contributed by atoms with Crippen molar-refractivity contribution < 1.29 is 9.53 Å². The Kier molecular flexibility index (Phi) is 3.78.